The molecule has 140 valence electrons. The van der Waals surface area contributed by atoms with Gasteiger partial charge in [0.2, 0.25) is 0 Å². The maximum atomic E-state index is 6.26. The SMILES string of the molecule is CN=C(NCCc1c(Cl)cccc1Cl)N1CCC(C)C(n2ccnc2)C1. The van der Waals surface area contributed by atoms with Gasteiger partial charge in [0, 0.05) is 49.1 Å². The summed E-state index contributed by atoms with van der Waals surface area (Å²) in [6.07, 6.45) is 7.67. The van der Waals surface area contributed by atoms with E-state index in [1.165, 1.54) is 0 Å². The van der Waals surface area contributed by atoms with Gasteiger partial charge in [0.1, 0.15) is 0 Å². The van der Waals surface area contributed by atoms with Crippen molar-refractivity contribution in [3.63, 3.8) is 0 Å². The largest absolute Gasteiger partial charge is 0.356 e. The van der Waals surface area contributed by atoms with Crippen LogP contribution in [-0.4, -0.2) is 47.1 Å². The molecule has 2 heterocycles. The molecule has 1 saturated heterocycles. The van der Waals surface area contributed by atoms with Crippen LogP contribution in [0.1, 0.15) is 24.9 Å². The third-order valence-corrected chi connectivity index (χ3v) is 5.77. The summed E-state index contributed by atoms with van der Waals surface area (Å²) < 4.78 is 2.20. The predicted octanol–water partition coefficient (Wildman–Crippen LogP) is 3.89. The number of benzene rings is 1. The van der Waals surface area contributed by atoms with Gasteiger partial charge in [-0.1, -0.05) is 36.2 Å². The number of nitrogens with zero attached hydrogens (tertiary/aromatic N) is 4. The molecule has 0 aliphatic carbocycles. The van der Waals surface area contributed by atoms with E-state index in [4.69, 9.17) is 23.2 Å². The number of aromatic nitrogens is 2. The van der Waals surface area contributed by atoms with Gasteiger partial charge in [-0.25, -0.2) is 4.98 Å². The summed E-state index contributed by atoms with van der Waals surface area (Å²) in [7, 11) is 1.83. The second-order valence-corrected chi connectivity index (χ2v) is 7.53. The quantitative estimate of drug-likeness (QED) is 0.632. The van der Waals surface area contributed by atoms with Crippen molar-refractivity contribution >= 4 is 29.2 Å². The molecule has 0 amide bonds. The van der Waals surface area contributed by atoms with E-state index in [-0.39, 0.29) is 0 Å². The molecule has 1 aromatic heterocycles. The van der Waals surface area contributed by atoms with Crippen LogP contribution >= 0.6 is 23.2 Å². The highest BCUT2D eigenvalue weighted by atomic mass is 35.5. The second-order valence-electron chi connectivity index (χ2n) is 6.71. The van der Waals surface area contributed by atoms with Gasteiger partial charge in [0.25, 0.3) is 0 Å². The van der Waals surface area contributed by atoms with Crippen LogP contribution in [-0.2, 0) is 6.42 Å². The van der Waals surface area contributed by atoms with Crippen molar-refractivity contribution in [2.75, 3.05) is 26.7 Å². The number of hydrogen-bond acceptors (Lipinski definition) is 2. The Labute approximate surface area is 165 Å². The zero-order valence-electron chi connectivity index (χ0n) is 15.2. The minimum atomic E-state index is 0.405. The molecule has 2 aromatic rings. The monoisotopic (exact) mass is 393 g/mol. The number of piperidine rings is 1. The van der Waals surface area contributed by atoms with Crippen molar-refractivity contribution in [2.45, 2.75) is 25.8 Å². The molecule has 0 bridgehead atoms. The number of imidazole rings is 1. The van der Waals surface area contributed by atoms with Gasteiger partial charge in [-0.3, -0.25) is 4.99 Å². The lowest BCUT2D eigenvalue weighted by atomic mass is 9.93. The van der Waals surface area contributed by atoms with Crippen LogP contribution < -0.4 is 5.32 Å². The Balaban J connectivity index is 1.60. The Morgan fingerprint density at radius 3 is 2.77 bits per heavy atom. The molecule has 1 N–H and O–H groups in total. The molecule has 2 atom stereocenters. The normalized spacial score (nSPS) is 21.1. The highest BCUT2D eigenvalue weighted by Gasteiger charge is 2.28. The Bertz CT molecular complexity index is 724. The number of halogens is 2. The van der Waals surface area contributed by atoms with Gasteiger partial charge >= 0.3 is 0 Å². The minimum absolute atomic E-state index is 0.405. The predicted molar refractivity (Wildman–Crippen MR) is 108 cm³/mol. The Morgan fingerprint density at radius 2 is 2.12 bits per heavy atom. The molecular weight excluding hydrogens is 369 g/mol. The fourth-order valence-electron chi connectivity index (χ4n) is 3.50. The summed E-state index contributed by atoms with van der Waals surface area (Å²) in [6.45, 7) is 4.96. The number of hydrogen-bond donors (Lipinski definition) is 1. The van der Waals surface area contributed by atoms with Gasteiger partial charge in [0.15, 0.2) is 5.96 Å². The Hall–Kier alpha value is -1.72. The zero-order valence-corrected chi connectivity index (χ0v) is 16.7. The van der Waals surface area contributed by atoms with Gasteiger partial charge in [-0.15, -0.1) is 0 Å². The van der Waals surface area contributed by atoms with Crippen molar-refractivity contribution in [3.05, 3.63) is 52.5 Å². The number of rotatable bonds is 4. The van der Waals surface area contributed by atoms with Crippen LogP contribution in [0.3, 0.4) is 0 Å². The molecule has 2 unspecified atom stereocenters. The average Bonchev–Trinajstić information content (AvgIpc) is 3.16. The van der Waals surface area contributed by atoms with Crippen molar-refractivity contribution in [2.24, 2.45) is 10.9 Å². The molecule has 7 heteroatoms. The van der Waals surface area contributed by atoms with E-state index in [1.807, 2.05) is 44.0 Å². The summed E-state index contributed by atoms with van der Waals surface area (Å²) in [4.78, 5) is 11.0. The van der Waals surface area contributed by atoms with E-state index in [1.54, 1.807) is 0 Å². The smallest absolute Gasteiger partial charge is 0.193 e. The molecule has 1 fully saturated rings. The Morgan fingerprint density at radius 1 is 1.35 bits per heavy atom. The van der Waals surface area contributed by atoms with Gasteiger partial charge < -0.3 is 14.8 Å². The first kappa shape index (κ1) is 19.1. The lowest BCUT2D eigenvalue weighted by Gasteiger charge is -2.39. The van der Waals surface area contributed by atoms with E-state index in [9.17, 15) is 0 Å². The van der Waals surface area contributed by atoms with E-state index < -0.39 is 0 Å². The third kappa shape index (κ3) is 4.33. The standard InChI is InChI=1S/C19H25Cl2N5/c1-14-7-10-25(12-18(14)26-11-9-23-13-26)19(22-2)24-8-6-15-16(20)4-3-5-17(15)21/h3-5,9,11,13-14,18H,6-8,10,12H2,1-2H3,(H,22,24). The number of guanidine groups is 1. The average molecular weight is 394 g/mol. The van der Waals surface area contributed by atoms with Gasteiger partial charge in [-0.05, 0) is 36.5 Å². The molecule has 0 radical (unpaired) electrons. The minimum Gasteiger partial charge on any atom is -0.356 e. The Kier molecular flexibility index (Phi) is 6.43. The molecule has 1 aliphatic heterocycles. The molecular formula is C19H25Cl2N5. The van der Waals surface area contributed by atoms with Crippen molar-refractivity contribution in [1.82, 2.24) is 19.8 Å². The summed E-state index contributed by atoms with van der Waals surface area (Å²) in [5.74, 6) is 1.53. The summed E-state index contributed by atoms with van der Waals surface area (Å²) in [6, 6.07) is 6.02. The highest BCUT2D eigenvalue weighted by Crippen LogP contribution is 2.27. The topological polar surface area (TPSA) is 45.5 Å². The summed E-state index contributed by atoms with van der Waals surface area (Å²) in [5.41, 5.74) is 0.974. The number of likely N-dealkylation sites (tertiary alicyclic amines) is 1. The first-order chi connectivity index (χ1) is 12.6. The lowest BCUT2D eigenvalue weighted by molar-refractivity contribution is 0.189. The number of nitrogens with one attached hydrogen (secondary N) is 1. The summed E-state index contributed by atoms with van der Waals surface area (Å²) >= 11 is 12.5. The molecule has 26 heavy (non-hydrogen) atoms. The maximum absolute atomic E-state index is 6.26. The zero-order chi connectivity index (χ0) is 18.5. The first-order valence-electron chi connectivity index (χ1n) is 8.96. The van der Waals surface area contributed by atoms with E-state index in [2.05, 4.69) is 31.7 Å². The molecule has 1 aromatic carbocycles. The van der Waals surface area contributed by atoms with E-state index in [0.29, 0.717) is 22.0 Å². The van der Waals surface area contributed by atoms with Gasteiger partial charge in [-0.2, -0.15) is 0 Å². The van der Waals surface area contributed by atoms with Crippen molar-refractivity contribution < 1.29 is 0 Å². The fraction of sp³-hybridized carbons (Fsp3) is 0.474. The van der Waals surface area contributed by atoms with E-state index in [0.717, 1.165) is 44.0 Å². The van der Waals surface area contributed by atoms with Crippen molar-refractivity contribution in [1.29, 1.82) is 0 Å². The fourth-order valence-corrected chi connectivity index (χ4v) is 4.08. The van der Waals surface area contributed by atoms with Crippen LogP contribution in [0.15, 0.2) is 41.9 Å². The molecule has 0 spiro atoms. The molecule has 5 nitrogen and oxygen atoms in total. The van der Waals surface area contributed by atoms with E-state index >= 15 is 0 Å². The maximum Gasteiger partial charge on any atom is 0.193 e. The van der Waals surface area contributed by atoms with Crippen LogP contribution in [0.25, 0.3) is 0 Å². The first-order valence-corrected chi connectivity index (χ1v) is 9.71. The molecule has 1 aliphatic rings. The number of aliphatic imine (C=N–C) groups is 1. The van der Waals surface area contributed by atoms with Crippen LogP contribution in [0.5, 0.6) is 0 Å². The molecule has 3 rings (SSSR count). The van der Waals surface area contributed by atoms with Crippen LogP contribution in [0, 0.1) is 5.92 Å². The van der Waals surface area contributed by atoms with Crippen LogP contribution in [0.2, 0.25) is 10.0 Å². The second kappa shape index (κ2) is 8.78. The molecule has 0 saturated carbocycles. The van der Waals surface area contributed by atoms with Crippen molar-refractivity contribution in [3.8, 4) is 0 Å². The van der Waals surface area contributed by atoms with Gasteiger partial charge in [0.05, 0.1) is 12.4 Å². The summed E-state index contributed by atoms with van der Waals surface area (Å²) in [5, 5.41) is 4.88. The van der Waals surface area contributed by atoms with Crippen LogP contribution in [0.4, 0.5) is 0 Å². The highest BCUT2D eigenvalue weighted by molar-refractivity contribution is 6.35. The third-order valence-electron chi connectivity index (χ3n) is 5.06. The lowest BCUT2D eigenvalue weighted by Crippen LogP contribution is -2.49.